The van der Waals surface area contributed by atoms with Gasteiger partial charge in [0, 0.05) is 20.1 Å². The molecule has 148 valence electrons. The smallest absolute Gasteiger partial charge is 0.191 e. The number of nitrogens with one attached hydrogen (secondary N) is 2. The largest absolute Gasteiger partial charge is 0.497 e. The highest BCUT2D eigenvalue weighted by Gasteiger charge is 2.01. The molecule has 0 aliphatic rings. The maximum absolute atomic E-state index is 5.67. The van der Waals surface area contributed by atoms with Crippen LogP contribution < -0.4 is 20.1 Å². The van der Waals surface area contributed by atoms with Crippen LogP contribution in [0.2, 0.25) is 0 Å². The van der Waals surface area contributed by atoms with Crippen LogP contribution in [0.3, 0.4) is 0 Å². The molecule has 0 saturated carbocycles. The van der Waals surface area contributed by atoms with Gasteiger partial charge in [-0.2, -0.15) is 0 Å². The second-order valence-electron chi connectivity index (χ2n) is 6.26. The second-order valence-corrected chi connectivity index (χ2v) is 6.26. The zero-order chi connectivity index (χ0) is 18.8. The van der Waals surface area contributed by atoms with Gasteiger partial charge in [0.2, 0.25) is 0 Å². The Bertz CT molecular complexity index is 703. The standard InChI is InChI=1S/C21H29N3O2.HI/c1-16(2)26-19-10-8-17(9-11-19)12-13-23-21(22-3)24-15-18-6-5-7-20(14-18)25-4;/h5-11,14,16H,12-13,15H2,1-4H3,(H2,22,23,24);1H. The number of halogens is 1. The Morgan fingerprint density at radius 1 is 1.00 bits per heavy atom. The molecule has 0 saturated heterocycles. The maximum Gasteiger partial charge on any atom is 0.191 e. The van der Waals surface area contributed by atoms with Crippen molar-refractivity contribution in [1.29, 1.82) is 0 Å². The lowest BCUT2D eigenvalue weighted by atomic mass is 10.1. The van der Waals surface area contributed by atoms with Crippen molar-refractivity contribution in [2.45, 2.75) is 32.9 Å². The van der Waals surface area contributed by atoms with Gasteiger partial charge in [-0.1, -0.05) is 24.3 Å². The Morgan fingerprint density at radius 3 is 2.37 bits per heavy atom. The minimum absolute atomic E-state index is 0. The molecule has 0 radical (unpaired) electrons. The van der Waals surface area contributed by atoms with E-state index < -0.39 is 0 Å². The number of guanidine groups is 1. The summed E-state index contributed by atoms with van der Waals surface area (Å²) < 4.78 is 10.9. The minimum Gasteiger partial charge on any atom is -0.497 e. The lowest BCUT2D eigenvalue weighted by Gasteiger charge is -2.13. The fourth-order valence-corrected chi connectivity index (χ4v) is 2.52. The number of ether oxygens (including phenoxy) is 2. The van der Waals surface area contributed by atoms with Crippen molar-refractivity contribution in [3.63, 3.8) is 0 Å². The number of benzene rings is 2. The van der Waals surface area contributed by atoms with Gasteiger partial charge in [0.15, 0.2) is 5.96 Å². The molecule has 0 unspecified atom stereocenters. The Balaban J connectivity index is 0.00000364. The normalized spacial score (nSPS) is 10.9. The third-order valence-corrected chi connectivity index (χ3v) is 3.82. The highest BCUT2D eigenvalue weighted by Crippen LogP contribution is 2.14. The molecule has 2 aromatic rings. The molecule has 5 nitrogen and oxygen atoms in total. The monoisotopic (exact) mass is 483 g/mol. The van der Waals surface area contributed by atoms with Crippen molar-refractivity contribution in [1.82, 2.24) is 10.6 Å². The molecule has 6 heteroatoms. The van der Waals surface area contributed by atoms with Gasteiger partial charge in [0.1, 0.15) is 11.5 Å². The van der Waals surface area contributed by atoms with E-state index in [1.807, 2.05) is 44.2 Å². The SMILES string of the molecule is CN=C(NCCc1ccc(OC(C)C)cc1)NCc1cccc(OC)c1.I. The summed E-state index contributed by atoms with van der Waals surface area (Å²) >= 11 is 0. The Hall–Kier alpha value is -1.96. The molecule has 0 heterocycles. The van der Waals surface area contributed by atoms with Gasteiger partial charge in [-0.3, -0.25) is 4.99 Å². The van der Waals surface area contributed by atoms with Crippen LogP contribution in [0.1, 0.15) is 25.0 Å². The van der Waals surface area contributed by atoms with E-state index in [9.17, 15) is 0 Å². The van der Waals surface area contributed by atoms with E-state index in [4.69, 9.17) is 9.47 Å². The lowest BCUT2D eigenvalue weighted by molar-refractivity contribution is 0.242. The van der Waals surface area contributed by atoms with Crippen LogP contribution in [0.15, 0.2) is 53.5 Å². The summed E-state index contributed by atoms with van der Waals surface area (Å²) in [6.07, 6.45) is 1.11. The second kappa shape index (κ2) is 12.4. The first kappa shape index (κ1) is 23.1. The van der Waals surface area contributed by atoms with Crippen LogP contribution >= 0.6 is 24.0 Å². The molecule has 0 spiro atoms. The summed E-state index contributed by atoms with van der Waals surface area (Å²) in [6.45, 7) is 5.56. The zero-order valence-corrected chi connectivity index (χ0v) is 18.8. The van der Waals surface area contributed by atoms with Crippen molar-refractivity contribution in [3.8, 4) is 11.5 Å². The molecule has 0 aliphatic heterocycles. The molecule has 0 bridgehead atoms. The van der Waals surface area contributed by atoms with Gasteiger partial charge in [0.05, 0.1) is 13.2 Å². The summed E-state index contributed by atoms with van der Waals surface area (Å²) in [5.41, 5.74) is 2.41. The van der Waals surface area contributed by atoms with Crippen LogP contribution in [0.4, 0.5) is 0 Å². The topological polar surface area (TPSA) is 54.9 Å². The summed E-state index contributed by atoms with van der Waals surface area (Å²) in [5.74, 6) is 2.55. The zero-order valence-electron chi connectivity index (χ0n) is 16.5. The number of hydrogen-bond acceptors (Lipinski definition) is 3. The van der Waals surface area contributed by atoms with Crippen LogP contribution in [0.5, 0.6) is 11.5 Å². The highest BCUT2D eigenvalue weighted by atomic mass is 127. The number of nitrogens with zero attached hydrogens (tertiary/aromatic N) is 1. The van der Waals surface area contributed by atoms with Gasteiger partial charge in [-0.15, -0.1) is 24.0 Å². The first-order chi connectivity index (χ1) is 12.6. The summed E-state index contributed by atoms with van der Waals surface area (Å²) in [7, 11) is 3.45. The molecular formula is C21H30IN3O2. The number of rotatable bonds is 8. The van der Waals surface area contributed by atoms with Gasteiger partial charge in [0.25, 0.3) is 0 Å². The number of hydrogen-bond donors (Lipinski definition) is 2. The first-order valence-electron chi connectivity index (χ1n) is 8.93. The fraction of sp³-hybridized carbons (Fsp3) is 0.381. The number of methoxy groups -OCH3 is 1. The molecule has 0 amide bonds. The van der Waals surface area contributed by atoms with Crippen LogP contribution in [-0.4, -0.2) is 32.8 Å². The van der Waals surface area contributed by atoms with E-state index in [2.05, 4.69) is 33.8 Å². The summed E-state index contributed by atoms with van der Waals surface area (Å²) in [4.78, 5) is 4.27. The first-order valence-corrected chi connectivity index (χ1v) is 8.93. The molecule has 0 aliphatic carbocycles. The molecule has 0 aromatic heterocycles. The predicted octanol–water partition coefficient (Wildman–Crippen LogP) is 4.01. The van der Waals surface area contributed by atoms with Crippen molar-refractivity contribution < 1.29 is 9.47 Å². The molecule has 2 rings (SSSR count). The van der Waals surface area contributed by atoms with E-state index in [1.165, 1.54) is 5.56 Å². The third-order valence-electron chi connectivity index (χ3n) is 3.82. The molecular weight excluding hydrogens is 453 g/mol. The third kappa shape index (κ3) is 8.51. The van der Waals surface area contributed by atoms with Crippen molar-refractivity contribution in [2.75, 3.05) is 20.7 Å². The predicted molar refractivity (Wildman–Crippen MR) is 123 cm³/mol. The highest BCUT2D eigenvalue weighted by molar-refractivity contribution is 14.0. The van der Waals surface area contributed by atoms with Crippen molar-refractivity contribution in [3.05, 3.63) is 59.7 Å². The van der Waals surface area contributed by atoms with Gasteiger partial charge < -0.3 is 20.1 Å². The van der Waals surface area contributed by atoms with Gasteiger partial charge in [-0.25, -0.2) is 0 Å². The average Bonchev–Trinajstić information content (AvgIpc) is 2.65. The van der Waals surface area contributed by atoms with Crippen LogP contribution in [0, 0.1) is 0 Å². The van der Waals surface area contributed by atoms with E-state index in [1.54, 1.807) is 14.2 Å². The molecule has 0 atom stereocenters. The van der Waals surface area contributed by atoms with Crippen molar-refractivity contribution >= 4 is 29.9 Å². The summed E-state index contributed by atoms with van der Waals surface area (Å²) in [6, 6.07) is 16.2. The van der Waals surface area contributed by atoms with Gasteiger partial charge >= 0.3 is 0 Å². The lowest BCUT2D eigenvalue weighted by Crippen LogP contribution is -2.37. The molecule has 2 N–H and O–H groups in total. The number of aliphatic imine (C=N–C) groups is 1. The fourth-order valence-electron chi connectivity index (χ4n) is 2.52. The Labute approximate surface area is 179 Å². The van der Waals surface area contributed by atoms with E-state index in [-0.39, 0.29) is 30.1 Å². The Morgan fingerprint density at radius 2 is 1.74 bits per heavy atom. The van der Waals surface area contributed by atoms with Gasteiger partial charge in [-0.05, 0) is 55.7 Å². The van der Waals surface area contributed by atoms with Crippen LogP contribution in [-0.2, 0) is 13.0 Å². The quantitative estimate of drug-likeness (QED) is 0.339. The average molecular weight is 483 g/mol. The van der Waals surface area contributed by atoms with Crippen LogP contribution in [0.25, 0.3) is 0 Å². The summed E-state index contributed by atoms with van der Waals surface area (Å²) in [5, 5.41) is 6.66. The minimum atomic E-state index is 0. The van der Waals surface area contributed by atoms with E-state index in [0.717, 1.165) is 36.0 Å². The molecule has 27 heavy (non-hydrogen) atoms. The molecule has 2 aromatic carbocycles. The Kier molecular flexibility index (Phi) is 10.6. The molecule has 0 fully saturated rings. The van der Waals surface area contributed by atoms with E-state index >= 15 is 0 Å². The van der Waals surface area contributed by atoms with E-state index in [0.29, 0.717) is 6.54 Å². The maximum atomic E-state index is 5.67. The van der Waals surface area contributed by atoms with Crippen molar-refractivity contribution in [2.24, 2.45) is 4.99 Å².